The number of halogens is 3. The van der Waals surface area contributed by atoms with Gasteiger partial charge in [-0.3, -0.25) is 18.8 Å². The van der Waals surface area contributed by atoms with Crippen LogP contribution in [0.5, 0.6) is 5.88 Å². The van der Waals surface area contributed by atoms with Crippen LogP contribution in [0, 0.1) is 5.82 Å². The molecule has 2 aliphatic heterocycles. The number of hydrogen-bond acceptors (Lipinski definition) is 8. The predicted octanol–water partition coefficient (Wildman–Crippen LogP) is 5.28. The number of fused-ring (bicyclic) bond motifs is 1. The Hall–Kier alpha value is -4.88. The molecular weight excluding hydrogens is 708 g/mol. The Labute approximate surface area is 308 Å². The number of rotatable bonds is 12. The predicted molar refractivity (Wildman–Crippen MR) is 198 cm³/mol. The highest BCUT2D eigenvalue weighted by Crippen LogP contribution is 2.42. The maximum Gasteiger partial charge on any atom is 0.262 e. The number of hydrogen-bond donors (Lipinski definition) is 4. The topological polar surface area (TPSA) is 139 Å². The second-order valence-corrected chi connectivity index (χ2v) is 13.7. The highest BCUT2D eigenvalue weighted by molar-refractivity contribution is 6.39. The minimum absolute atomic E-state index is 0.00389. The molecule has 0 aliphatic carbocycles. The van der Waals surface area contributed by atoms with Crippen LogP contribution >= 0.6 is 23.2 Å². The van der Waals surface area contributed by atoms with Crippen molar-refractivity contribution in [1.82, 2.24) is 35.6 Å². The van der Waals surface area contributed by atoms with Gasteiger partial charge in [-0.1, -0.05) is 59.6 Å². The van der Waals surface area contributed by atoms with Crippen molar-refractivity contribution in [3.8, 4) is 39.4 Å². The maximum atomic E-state index is 15.6. The van der Waals surface area contributed by atoms with E-state index in [1.54, 1.807) is 30.6 Å². The highest BCUT2D eigenvalue weighted by atomic mass is 35.5. The summed E-state index contributed by atoms with van der Waals surface area (Å²) < 4.78 is 22.5. The summed E-state index contributed by atoms with van der Waals surface area (Å²) in [5.41, 5.74) is 4.60. The van der Waals surface area contributed by atoms with Crippen molar-refractivity contribution >= 4 is 40.7 Å². The molecule has 0 spiro atoms. The van der Waals surface area contributed by atoms with Crippen molar-refractivity contribution in [2.45, 2.75) is 50.9 Å². The first-order valence-corrected chi connectivity index (χ1v) is 17.8. The van der Waals surface area contributed by atoms with Gasteiger partial charge in [0.1, 0.15) is 11.5 Å². The molecule has 52 heavy (non-hydrogen) atoms. The summed E-state index contributed by atoms with van der Waals surface area (Å²) in [6, 6.07) is 16.0. The Morgan fingerprint density at radius 3 is 2.12 bits per heavy atom. The number of pyridine rings is 2. The number of benzene rings is 2. The van der Waals surface area contributed by atoms with Gasteiger partial charge < -0.3 is 26.0 Å². The molecule has 2 atom stereocenters. The Kier molecular flexibility index (Phi) is 10.5. The van der Waals surface area contributed by atoms with E-state index in [4.69, 9.17) is 27.9 Å². The molecule has 2 aromatic carbocycles. The average Bonchev–Trinajstić information content (AvgIpc) is 3.76. The lowest BCUT2D eigenvalue weighted by atomic mass is 9.97. The van der Waals surface area contributed by atoms with Gasteiger partial charge in [0.25, 0.3) is 5.56 Å². The number of carbonyl (C=O) groups excluding carboxylic acids is 2. The van der Waals surface area contributed by atoms with Crippen LogP contribution in [-0.4, -0.2) is 58.5 Å². The minimum Gasteiger partial charge on any atom is -0.481 e. The SMILES string of the molecule is COc1nc(-c2cccc(-c3cccc(-c4ccn5c(=O)c(CNC[C@@H]6CCC(=O)N6)cnc5c4)c3Cl)c2Cl)cc(F)c1CNC[C@@H]1CCC(=O)N1. The second kappa shape index (κ2) is 15.4. The van der Waals surface area contributed by atoms with E-state index < -0.39 is 5.82 Å². The molecule has 2 amide bonds. The number of carbonyl (C=O) groups is 2. The Morgan fingerprint density at radius 2 is 1.48 bits per heavy atom. The molecule has 0 saturated carbocycles. The van der Waals surface area contributed by atoms with Gasteiger partial charge in [-0.25, -0.2) is 14.4 Å². The largest absolute Gasteiger partial charge is 0.481 e. The fraction of sp³-hybridized carbons (Fsp3) is 0.289. The molecule has 3 aromatic heterocycles. The lowest BCUT2D eigenvalue weighted by Gasteiger charge is -2.16. The van der Waals surface area contributed by atoms with E-state index in [-0.39, 0.29) is 47.4 Å². The van der Waals surface area contributed by atoms with Crippen molar-refractivity contribution in [2.75, 3.05) is 20.2 Å². The molecule has 268 valence electrons. The monoisotopic (exact) mass is 743 g/mol. The van der Waals surface area contributed by atoms with Gasteiger partial charge in [0.2, 0.25) is 17.7 Å². The molecule has 2 fully saturated rings. The van der Waals surface area contributed by atoms with Crippen LogP contribution in [0.4, 0.5) is 4.39 Å². The number of amides is 2. The zero-order valence-corrected chi connectivity index (χ0v) is 29.8. The molecule has 11 nitrogen and oxygen atoms in total. The molecular formula is C38H36Cl2FN7O4. The summed E-state index contributed by atoms with van der Waals surface area (Å²) in [6.45, 7) is 1.57. The molecule has 0 bridgehead atoms. The van der Waals surface area contributed by atoms with Gasteiger partial charge in [-0.2, -0.15) is 0 Å². The van der Waals surface area contributed by atoms with Crippen molar-refractivity contribution in [1.29, 1.82) is 0 Å². The highest BCUT2D eigenvalue weighted by Gasteiger charge is 2.23. The van der Waals surface area contributed by atoms with Gasteiger partial charge >= 0.3 is 0 Å². The van der Waals surface area contributed by atoms with Gasteiger partial charge in [-0.15, -0.1) is 0 Å². The lowest BCUT2D eigenvalue weighted by molar-refractivity contribution is -0.120. The normalized spacial score (nSPS) is 17.1. The standard InChI is InChI=1S/C38H36Cl2FN7O4/c1-52-37-29(20-43-19-24-9-11-34(50)46-24)30(41)15-31(47-37)28-7-3-6-27(36(28)40)26-5-2-4-25(35(26)39)21-12-13-48-32(14-21)44-17-22(38(48)51)16-42-18-23-8-10-33(49)45-23/h2-7,12-15,17,23-24,42-43H,8-11,16,18-20H2,1H3,(H,45,49)(H,46,50)/t23-,24-/m0/s1. The summed E-state index contributed by atoms with van der Waals surface area (Å²) in [7, 11) is 1.44. The summed E-state index contributed by atoms with van der Waals surface area (Å²) in [4.78, 5) is 45.4. The second-order valence-electron chi connectivity index (χ2n) is 12.9. The molecule has 0 radical (unpaired) electrons. The third-order valence-corrected chi connectivity index (χ3v) is 10.3. The smallest absolute Gasteiger partial charge is 0.262 e. The Morgan fingerprint density at radius 1 is 0.865 bits per heavy atom. The molecule has 5 heterocycles. The van der Waals surface area contributed by atoms with E-state index >= 15 is 4.39 Å². The molecule has 0 unspecified atom stereocenters. The van der Waals surface area contributed by atoms with E-state index in [0.717, 1.165) is 18.4 Å². The third kappa shape index (κ3) is 7.38. The molecule has 4 N–H and O–H groups in total. The summed E-state index contributed by atoms with van der Waals surface area (Å²) in [5, 5.41) is 13.0. The van der Waals surface area contributed by atoms with Crippen molar-refractivity contribution in [3.05, 3.63) is 104 Å². The van der Waals surface area contributed by atoms with Crippen molar-refractivity contribution in [3.63, 3.8) is 0 Å². The Bertz CT molecular complexity index is 2250. The lowest BCUT2D eigenvalue weighted by Crippen LogP contribution is -2.36. The minimum atomic E-state index is -0.502. The van der Waals surface area contributed by atoms with Crippen molar-refractivity contribution < 1.29 is 18.7 Å². The fourth-order valence-corrected chi connectivity index (χ4v) is 7.36. The van der Waals surface area contributed by atoms with Crippen LogP contribution in [0.25, 0.3) is 39.2 Å². The van der Waals surface area contributed by atoms with Crippen molar-refractivity contribution in [2.24, 2.45) is 0 Å². The number of ether oxygens (including phenoxy) is 1. The van der Waals surface area contributed by atoms with E-state index in [1.165, 1.54) is 17.6 Å². The summed E-state index contributed by atoms with van der Waals surface area (Å²) in [6.07, 6.45) is 5.76. The molecule has 14 heteroatoms. The van der Waals surface area contributed by atoms with E-state index in [2.05, 4.69) is 31.2 Å². The fourth-order valence-electron chi connectivity index (χ4n) is 6.70. The van der Waals surface area contributed by atoms with Crippen LogP contribution in [-0.2, 0) is 22.7 Å². The molecule has 2 aliphatic rings. The first-order chi connectivity index (χ1) is 25.2. The first kappa shape index (κ1) is 35.5. The number of nitrogens with one attached hydrogen (secondary N) is 4. The van der Waals surface area contributed by atoms with Gasteiger partial charge in [0.05, 0.1) is 28.4 Å². The molecule has 7 rings (SSSR count). The van der Waals surface area contributed by atoms with Gasteiger partial charge in [-0.05, 0) is 30.5 Å². The van der Waals surface area contributed by atoms with Crippen LogP contribution in [0.15, 0.2) is 71.8 Å². The molecule has 2 saturated heterocycles. The number of nitrogens with zero attached hydrogens (tertiary/aromatic N) is 3. The maximum absolute atomic E-state index is 15.6. The summed E-state index contributed by atoms with van der Waals surface area (Å²) in [5.74, 6) is -0.304. The van der Waals surface area contributed by atoms with E-state index in [1.807, 2.05) is 30.3 Å². The zero-order valence-electron chi connectivity index (χ0n) is 28.3. The van der Waals surface area contributed by atoms with Crippen LogP contribution in [0.1, 0.15) is 36.8 Å². The zero-order chi connectivity index (χ0) is 36.4. The van der Waals surface area contributed by atoms with Gasteiger partial charge in [0.15, 0.2) is 0 Å². The summed E-state index contributed by atoms with van der Waals surface area (Å²) >= 11 is 14.1. The van der Waals surface area contributed by atoms with Crippen LogP contribution in [0.2, 0.25) is 10.0 Å². The first-order valence-electron chi connectivity index (χ1n) is 17.0. The van der Waals surface area contributed by atoms with Crippen LogP contribution < -0.4 is 31.6 Å². The average molecular weight is 745 g/mol. The number of aromatic nitrogens is 3. The van der Waals surface area contributed by atoms with E-state index in [9.17, 15) is 14.4 Å². The van der Waals surface area contributed by atoms with Crippen LogP contribution in [0.3, 0.4) is 0 Å². The quantitative estimate of drug-likeness (QED) is 0.136. The van der Waals surface area contributed by atoms with E-state index in [0.29, 0.717) is 81.7 Å². The Balaban J connectivity index is 1.12. The molecule has 5 aromatic rings. The third-order valence-electron chi connectivity index (χ3n) is 9.45. The number of methoxy groups -OCH3 is 1. The van der Waals surface area contributed by atoms with Gasteiger partial charge in [0, 0.05) is 97.4 Å².